The van der Waals surface area contributed by atoms with Gasteiger partial charge in [-0.05, 0) is 55.3 Å². The molecule has 202 valence electrons. The van der Waals surface area contributed by atoms with Gasteiger partial charge in [0.05, 0.1) is 26.0 Å². The number of nitrogens with zero attached hydrogens (tertiary/aromatic N) is 1. The predicted molar refractivity (Wildman–Crippen MR) is 149 cm³/mol. The molecule has 3 aromatic carbocycles. The molecule has 0 bridgehead atoms. The van der Waals surface area contributed by atoms with Crippen LogP contribution in [0.4, 0.5) is 10.5 Å². The first-order chi connectivity index (χ1) is 18.9. The lowest BCUT2D eigenvalue weighted by Gasteiger charge is -2.28. The third-order valence-electron chi connectivity index (χ3n) is 5.70. The van der Waals surface area contributed by atoms with E-state index >= 15 is 0 Å². The number of barbiturate groups is 1. The molecule has 0 aliphatic carbocycles. The molecule has 1 heterocycles. The number of ether oxygens (including phenoxy) is 4. The Balaban J connectivity index is 1.69. The summed E-state index contributed by atoms with van der Waals surface area (Å²) in [6.45, 7) is 4.62. The summed E-state index contributed by atoms with van der Waals surface area (Å²) >= 11 is 3.49. The molecule has 0 saturated carbocycles. The Morgan fingerprint density at radius 1 is 0.872 bits per heavy atom. The fourth-order valence-electron chi connectivity index (χ4n) is 3.91. The number of benzene rings is 3. The average molecular weight is 595 g/mol. The molecule has 1 aliphatic rings. The number of nitrogens with one attached hydrogen (secondary N) is 1. The van der Waals surface area contributed by atoms with Crippen LogP contribution in [0.2, 0.25) is 0 Å². The zero-order valence-electron chi connectivity index (χ0n) is 21.7. The molecule has 4 rings (SSSR count). The van der Waals surface area contributed by atoms with Crippen LogP contribution in [0, 0.1) is 0 Å². The van der Waals surface area contributed by atoms with Crippen molar-refractivity contribution in [3.8, 4) is 23.0 Å². The Bertz CT molecular complexity index is 1420. The second kappa shape index (κ2) is 12.5. The summed E-state index contributed by atoms with van der Waals surface area (Å²) in [5.74, 6) is -0.0242. The summed E-state index contributed by atoms with van der Waals surface area (Å²) in [5.41, 5.74) is 1.36. The van der Waals surface area contributed by atoms with Gasteiger partial charge in [0.1, 0.15) is 23.7 Å². The van der Waals surface area contributed by atoms with E-state index in [1.54, 1.807) is 31.2 Å². The number of methoxy groups -OCH3 is 1. The van der Waals surface area contributed by atoms with Crippen molar-refractivity contribution in [2.75, 3.05) is 25.2 Å². The van der Waals surface area contributed by atoms with E-state index in [1.165, 1.54) is 19.3 Å². The highest BCUT2D eigenvalue weighted by molar-refractivity contribution is 9.10. The van der Waals surface area contributed by atoms with E-state index in [2.05, 4.69) is 21.2 Å². The Kier molecular flexibility index (Phi) is 8.88. The van der Waals surface area contributed by atoms with E-state index in [4.69, 9.17) is 18.9 Å². The summed E-state index contributed by atoms with van der Waals surface area (Å²) in [5, 5.41) is 2.24. The topological polar surface area (TPSA) is 103 Å². The van der Waals surface area contributed by atoms with Crippen molar-refractivity contribution in [3.05, 3.63) is 81.8 Å². The van der Waals surface area contributed by atoms with E-state index in [-0.39, 0.29) is 11.3 Å². The van der Waals surface area contributed by atoms with Gasteiger partial charge in [0.15, 0.2) is 11.5 Å². The van der Waals surface area contributed by atoms with Gasteiger partial charge in [-0.2, -0.15) is 0 Å². The summed E-state index contributed by atoms with van der Waals surface area (Å²) in [6, 6.07) is 16.9. The zero-order chi connectivity index (χ0) is 27.9. The second-order valence-corrected chi connectivity index (χ2v) is 9.11. The van der Waals surface area contributed by atoms with E-state index in [9.17, 15) is 14.4 Å². The molecule has 1 saturated heterocycles. The molecule has 39 heavy (non-hydrogen) atoms. The molecule has 0 unspecified atom stereocenters. The van der Waals surface area contributed by atoms with Crippen molar-refractivity contribution >= 4 is 45.5 Å². The SMILES string of the molecule is CCOc1ccc(OCC)c(N2C(=O)NC(=O)/C(=C\c3cc(OC)c(OCc4ccccc4)cc3Br)C2=O)c1. The molecule has 1 N–H and O–H groups in total. The number of hydrogen-bond acceptors (Lipinski definition) is 7. The van der Waals surface area contributed by atoms with Crippen LogP contribution in [0.3, 0.4) is 0 Å². The first-order valence-electron chi connectivity index (χ1n) is 12.2. The number of carbonyl (C=O) groups is 3. The lowest BCUT2D eigenvalue weighted by molar-refractivity contribution is -0.122. The van der Waals surface area contributed by atoms with Crippen LogP contribution in [0.5, 0.6) is 23.0 Å². The minimum absolute atomic E-state index is 0.157. The van der Waals surface area contributed by atoms with E-state index in [0.717, 1.165) is 10.5 Å². The molecule has 3 aromatic rings. The van der Waals surface area contributed by atoms with Gasteiger partial charge in [0.2, 0.25) is 0 Å². The number of imide groups is 2. The maximum absolute atomic E-state index is 13.6. The maximum Gasteiger partial charge on any atom is 0.336 e. The number of urea groups is 1. The van der Waals surface area contributed by atoms with Crippen LogP contribution in [0.1, 0.15) is 25.0 Å². The third kappa shape index (κ3) is 6.23. The average Bonchev–Trinajstić information content (AvgIpc) is 2.92. The molecule has 0 spiro atoms. The normalized spacial score (nSPS) is 14.3. The number of rotatable bonds is 10. The first-order valence-corrected chi connectivity index (χ1v) is 13.0. The Hall–Kier alpha value is -4.31. The van der Waals surface area contributed by atoms with Crippen molar-refractivity contribution in [1.82, 2.24) is 5.32 Å². The van der Waals surface area contributed by atoms with Crippen molar-refractivity contribution in [3.63, 3.8) is 0 Å². The van der Waals surface area contributed by atoms with Gasteiger partial charge >= 0.3 is 6.03 Å². The number of halogens is 1. The van der Waals surface area contributed by atoms with E-state index in [1.807, 2.05) is 37.3 Å². The third-order valence-corrected chi connectivity index (χ3v) is 6.39. The predicted octanol–water partition coefficient (Wildman–Crippen LogP) is 5.50. The largest absolute Gasteiger partial charge is 0.494 e. The lowest BCUT2D eigenvalue weighted by atomic mass is 10.1. The number of amides is 4. The van der Waals surface area contributed by atoms with Crippen LogP contribution >= 0.6 is 15.9 Å². The molecule has 0 aromatic heterocycles. The minimum Gasteiger partial charge on any atom is -0.494 e. The van der Waals surface area contributed by atoms with Crippen molar-refractivity contribution in [2.24, 2.45) is 0 Å². The minimum atomic E-state index is -0.891. The van der Waals surface area contributed by atoms with Gasteiger partial charge < -0.3 is 18.9 Å². The first kappa shape index (κ1) is 27.7. The van der Waals surface area contributed by atoms with E-state index < -0.39 is 17.8 Å². The molecule has 1 aliphatic heterocycles. The van der Waals surface area contributed by atoms with Gasteiger partial charge in [-0.3, -0.25) is 14.9 Å². The van der Waals surface area contributed by atoms with Gasteiger partial charge in [0, 0.05) is 10.5 Å². The smallest absolute Gasteiger partial charge is 0.336 e. The van der Waals surface area contributed by atoms with Gasteiger partial charge in [0.25, 0.3) is 11.8 Å². The van der Waals surface area contributed by atoms with Crippen LogP contribution < -0.4 is 29.2 Å². The summed E-state index contributed by atoms with van der Waals surface area (Å²) < 4.78 is 23.2. The van der Waals surface area contributed by atoms with Crippen molar-refractivity contribution < 1.29 is 33.3 Å². The van der Waals surface area contributed by atoms with Crippen LogP contribution in [-0.4, -0.2) is 38.2 Å². The van der Waals surface area contributed by atoms with Gasteiger partial charge in [-0.25, -0.2) is 9.69 Å². The van der Waals surface area contributed by atoms with E-state index in [0.29, 0.717) is 52.9 Å². The van der Waals surface area contributed by atoms with Gasteiger partial charge in [-0.1, -0.05) is 46.3 Å². The lowest BCUT2D eigenvalue weighted by Crippen LogP contribution is -2.54. The summed E-state index contributed by atoms with van der Waals surface area (Å²) in [7, 11) is 1.50. The maximum atomic E-state index is 13.6. The number of carbonyl (C=O) groups excluding carboxylic acids is 3. The highest BCUT2D eigenvalue weighted by Crippen LogP contribution is 2.37. The molecule has 10 heteroatoms. The zero-order valence-corrected chi connectivity index (χ0v) is 23.2. The quantitative estimate of drug-likeness (QED) is 0.244. The highest BCUT2D eigenvalue weighted by Gasteiger charge is 2.38. The van der Waals surface area contributed by atoms with Gasteiger partial charge in [-0.15, -0.1) is 0 Å². The van der Waals surface area contributed by atoms with Crippen molar-refractivity contribution in [2.45, 2.75) is 20.5 Å². The molecule has 4 amide bonds. The molecular formula is C29H27BrN2O7. The molecule has 1 fully saturated rings. The summed E-state index contributed by atoms with van der Waals surface area (Å²) in [4.78, 5) is 40.1. The number of anilines is 1. The van der Waals surface area contributed by atoms with Crippen LogP contribution in [0.25, 0.3) is 6.08 Å². The fraction of sp³-hybridized carbons (Fsp3) is 0.207. The fourth-order valence-corrected chi connectivity index (χ4v) is 4.34. The van der Waals surface area contributed by atoms with Crippen LogP contribution in [0.15, 0.2) is 70.7 Å². The Morgan fingerprint density at radius 3 is 2.31 bits per heavy atom. The summed E-state index contributed by atoms with van der Waals surface area (Å²) in [6.07, 6.45) is 1.39. The Morgan fingerprint density at radius 2 is 1.62 bits per heavy atom. The molecule has 9 nitrogen and oxygen atoms in total. The molecular weight excluding hydrogens is 568 g/mol. The standard InChI is InChI=1S/C29H27BrN2O7/c1-4-37-20-11-12-24(38-5-2)23(15-20)32-28(34)21(27(33)31-29(32)35)13-19-14-25(36-3)26(16-22(19)30)39-17-18-9-7-6-8-10-18/h6-16H,4-5,17H2,1-3H3,(H,31,33,35)/b21-13+. The highest BCUT2D eigenvalue weighted by atomic mass is 79.9. The Labute approximate surface area is 234 Å². The molecule has 0 atom stereocenters. The number of hydrogen-bond donors (Lipinski definition) is 1. The molecule has 0 radical (unpaired) electrons. The van der Waals surface area contributed by atoms with Crippen molar-refractivity contribution in [1.29, 1.82) is 0 Å². The second-order valence-electron chi connectivity index (χ2n) is 8.25. The van der Waals surface area contributed by atoms with Crippen LogP contribution in [-0.2, 0) is 16.2 Å². The monoisotopic (exact) mass is 594 g/mol.